The van der Waals surface area contributed by atoms with E-state index in [1.807, 2.05) is 0 Å². The average molecular weight is 157 g/mol. The zero-order valence-electron chi connectivity index (χ0n) is 6.60. The summed E-state index contributed by atoms with van der Waals surface area (Å²) in [6, 6.07) is 0. The van der Waals surface area contributed by atoms with Gasteiger partial charge in [0, 0.05) is 18.5 Å². The highest BCUT2D eigenvalue weighted by molar-refractivity contribution is 7.96. The largest absolute Gasteiger partial charge is 0.321 e. The number of hydrogen-bond donors (Lipinski definition) is 0. The van der Waals surface area contributed by atoms with Crippen molar-refractivity contribution in [2.75, 3.05) is 12.8 Å². The molecular weight excluding hydrogens is 142 g/mol. The minimum Gasteiger partial charge on any atom is -0.321 e. The second kappa shape index (κ2) is 3.91. The first kappa shape index (κ1) is 7.99. The molecule has 1 nitrogen and oxygen atoms in total. The minimum atomic E-state index is 1.19. The third-order valence-electron chi connectivity index (χ3n) is 1.90. The van der Waals surface area contributed by atoms with Crippen molar-refractivity contribution in [1.29, 1.82) is 0 Å². The predicted molar refractivity (Wildman–Crippen MR) is 47.8 cm³/mol. The topological polar surface area (TPSA) is 3.24 Å². The maximum atomic E-state index is 4.03. The van der Waals surface area contributed by atoms with Crippen molar-refractivity contribution in [1.82, 2.24) is 4.31 Å². The van der Waals surface area contributed by atoms with Crippen molar-refractivity contribution in [3.63, 3.8) is 0 Å². The summed E-state index contributed by atoms with van der Waals surface area (Å²) in [4.78, 5) is 0. The van der Waals surface area contributed by atoms with Gasteiger partial charge in [-0.2, -0.15) is 0 Å². The Morgan fingerprint density at radius 3 is 2.90 bits per heavy atom. The van der Waals surface area contributed by atoms with Crippen LogP contribution in [0.5, 0.6) is 0 Å². The maximum Gasteiger partial charge on any atom is 0.0291 e. The molecule has 58 valence electrons. The van der Waals surface area contributed by atoms with Crippen molar-refractivity contribution >= 4 is 11.9 Å². The summed E-state index contributed by atoms with van der Waals surface area (Å²) in [6.45, 7) is 5.23. The summed E-state index contributed by atoms with van der Waals surface area (Å²) in [6.07, 6.45) is 7.35. The third-order valence-corrected chi connectivity index (χ3v) is 2.78. The fourth-order valence-electron chi connectivity index (χ4n) is 1.26. The Morgan fingerprint density at radius 1 is 1.40 bits per heavy atom. The van der Waals surface area contributed by atoms with Crippen molar-refractivity contribution in [3.05, 3.63) is 12.3 Å². The van der Waals surface area contributed by atoms with Crippen molar-refractivity contribution in [2.24, 2.45) is 0 Å². The second-order valence-corrected chi connectivity index (χ2v) is 3.47. The monoisotopic (exact) mass is 157 g/mol. The highest BCUT2D eigenvalue weighted by Gasteiger charge is 2.09. The van der Waals surface area contributed by atoms with E-state index in [1.54, 1.807) is 11.9 Å². The van der Waals surface area contributed by atoms with Gasteiger partial charge < -0.3 is 4.31 Å². The summed E-state index contributed by atoms with van der Waals surface area (Å²) in [5.74, 6) is 0. The van der Waals surface area contributed by atoms with Crippen LogP contribution in [0.1, 0.15) is 25.7 Å². The molecule has 0 atom stereocenters. The summed E-state index contributed by atoms with van der Waals surface area (Å²) < 4.78 is 2.31. The van der Waals surface area contributed by atoms with Crippen LogP contribution in [0.3, 0.4) is 0 Å². The van der Waals surface area contributed by atoms with Gasteiger partial charge in [0.1, 0.15) is 0 Å². The van der Waals surface area contributed by atoms with E-state index in [4.69, 9.17) is 0 Å². The Balaban J connectivity index is 2.43. The van der Waals surface area contributed by atoms with E-state index >= 15 is 0 Å². The van der Waals surface area contributed by atoms with Crippen LogP contribution in [0.15, 0.2) is 12.3 Å². The second-order valence-electron chi connectivity index (χ2n) is 2.66. The first-order valence-corrected chi connectivity index (χ1v) is 5.02. The Bertz CT molecular complexity index is 122. The molecule has 2 heteroatoms. The lowest BCUT2D eigenvalue weighted by Gasteiger charge is -2.20. The summed E-state index contributed by atoms with van der Waals surface area (Å²) >= 11 is 1.80. The molecule has 0 N–H and O–H groups in total. The van der Waals surface area contributed by atoms with E-state index in [0.29, 0.717) is 0 Å². The summed E-state index contributed by atoms with van der Waals surface area (Å²) in [5, 5.41) is 0. The third kappa shape index (κ3) is 1.94. The molecule has 0 saturated carbocycles. The fourth-order valence-corrected chi connectivity index (χ4v) is 1.93. The number of nitrogens with zero attached hydrogens (tertiary/aromatic N) is 1. The molecule has 1 aliphatic rings. The van der Waals surface area contributed by atoms with E-state index in [2.05, 4.69) is 17.1 Å². The molecular formula is C8H15NS. The maximum absolute atomic E-state index is 4.03. The molecule has 10 heavy (non-hydrogen) atoms. The highest BCUT2D eigenvalue weighted by atomic mass is 32.2. The van der Waals surface area contributed by atoms with Crippen molar-refractivity contribution in [2.45, 2.75) is 25.7 Å². The van der Waals surface area contributed by atoms with Gasteiger partial charge >= 0.3 is 0 Å². The Morgan fingerprint density at radius 2 is 2.20 bits per heavy atom. The lowest BCUT2D eigenvalue weighted by molar-refractivity contribution is 0.569. The van der Waals surface area contributed by atoms with Gasteiger partial charge in [-0.05, 0) is 19.3 Å². The molecule has 0 aromatic rings. The molecule has 0 aliphatic carbocycles. The molecule has 0 unspecified atom stereocenters. The molecule has 0 aromatic heterocycles. The van der Waals surface area contributed by atoms with Crippen LogP contribution in [0.25, 0.3) is 0 Å². The Labute approximate surface area is 67.6 Å². The SMILES string of the molecule is C=C1CCCCCN1SC. The van der Waals surface area contributed by atoms with Gasteiger partial charge in [0.15, 0.2) is 0 Å². The zero-order valence-corrected chi connectivity index (χ0v) is 7.41. The molecule has 1 aliphatic heterocycles. The highest BCUT2D eigenvalue weighted by Crippen LogP contribution is 2.23. The van der Waals surface area contributed by atoms with Crippen LogP contribution in [-0.2, 0) is 0 Å². The molecule has 0 spiro atoms. The van der Waals surface area contributed by atoms with Crippen LogP contribution in [0, 0.1) is 0 Å². The molecule has 1 fully saturated rings. The molecule has 0 bridgehead atoms. The standard InChI is InChI=1S/C8H15NS/c1-8-6-4-3-5-7-9(8)10-2/h1,3-7H2,2H3. The van der Waals surface area contributed by atoms with Crippen LogP contribution >= 0.6 is 11.9 Å². The number of allylic oxidation sites excluding steroid dienone is 1. The molecule has 1 rings (SSSR count). The minimum absolute atomic E-state index is 1.19. The van der Waals surface area contributed by atoms with Gasteiger partial charge in [0.05, 0.1) is 0 Å². The average Bonchev–Trinajstić information content (AvgIpc) is 2.13. The molecule has 1 heterocycles. The first-order chi connectivity index (χ1) is 4.84. The predicted octanol–water partition coefficient (Wildman–Crippen LogP) is 2.65. The Hall–Kier alpha value is -0.110. The fraction of sp³-hybridized carbons (Fsp3) is 0.750. The van der Waals surface area contributed by atoms with Gasteiger partial charge in [0.2, 0.25) is 0 Å². The van der Waals surface area contributed by atoms with E-state index in [1.165, 1.54) is 37.9 Å². The van der Waals surface area contributed by atoms with Crippen LogP contribution in [0.2, 0.25) is 0 Å². The van der Waals surface area contributed by atoms with Crippen LogP contribution < -0.4 is 0 Å². The summed E-state index contributed by atoms with van der Waals surface area (Å²) in [7, 11) is 0. The van der Waals surface area contributed by atoms with Gasteiger partial charge in [-0.1, -0.05) is 24.9 Å². The lowest BCUT2D eigenvalue weighted by atomic mass is 10.2. The molecule has 0 radical (unpaired) electrons. The van der Waals surface area contributed by atoms with Crippen molar-refractivity contribution < 1.29 is 0 Å². The molecule has 1 saturated heterocycles. The van der Waals surface area contributed by atoms with Gasteiger partial charge in [-0.25, -0.2) is 0 Å². The van der Waals surface area contributed by atoms with Crippen LogP contribution in [0.4, 0.5) is 0 Å². The first-order valence-electron chi connectivity index (χ1n) is 3.84. The molecule has 0 aromatic carbocycles. The van der Waals surface area contributed by atoms with E-state index in [-0.39, 0.29) is 0 Å². The Kier molecular flexibility index (Phi) is 3.13. The normalized spacial score (nSPS) is 20.9. The van der Waals surface area contributed by atoms with Crippen molar-refractivity contribution in [3.8, 4) is 0 Å². The van der Waals surface area contributed by atoms with Gasteiger partial charge in [0.25, 0.3) is 0 Å². The van der Waals surface area contributed by atoms with E-state index < -0.39 is 0 Å². The van der Waals surface area contributed by atoms with Crippen LogP contribution in [-0.4, -0.2) is 17.1 Å². The van der Waals surface area contributed by atoms with Gasteiger partial charge in [-0.15, -0.1) is 0 Å². The quantitative estimate of drug-likeness (QED) is 0.538. The molecule has 0 amide bonds. The number of hydrogen-bond acceptors (Lipinski definition) is 2. The smallest absolute Gasteiger partial charge is 0.0291 e. The van der Waals surface area contributed by atoms with E-state index in [0.717, 1.165) is 0 Å². The lowest BCUT2D eigenvalue weighted by Crippen LogP contribution is -2.12. The zero-order chi connectivity index (χ0) is 7.40. The van der Waals surface area contributed by atoms with E-state index in [9.17, 15) is 0 Å². The number of rotatable bonds is 1. The van der Waals surface area contributed by atoms with Gasteiger partial charge in [-0.3, -0.25) is 0 Å². The summed E-state index contributed by atoms with van der Waals surface area (Å²) in [5.41, 5.74) is 1.31.